The van der Waals surface area contributed by atoms with E-state index in [2.05, 4.69) is 28.7 Å². The number of sulfonamides is 3. The zero-order valence-corrected chi connectivity index (χ0v) is 88.0. The molecule has 3 unspecified atom stereocenters. The third-order valence-corrected chi connectivity index (χ3v) is 27.9. The fourth-order valence-corrected chi connectivity index (χ4v) is 17.9. The zero-order chi connectivity index (χ0) is 102. The van der Waals surface area contributed by atoms with Gasteiger partial charge in [0.15, 0.2) is 17.4 Å². The minimum Gasteiger partial charge on any atom is -0.496 e. The highest BCUT2D eigenvalue weighted by Gasteiger charge is 2.33. The molecule has 12 aromatic rings. The average molecular weight is 2030 g/mol. The monoisotopic (exact) mass is 2030 g/mol. The summed E-state index contributed by atoms with van der Waals surface area (Å²) in [6.07, 6.45) is 1.56. The third kappa shape index (κ3) is 45.4. The molecular weight excluding hydrogens is 1900 g/mol. The largest absolute Gasteiger partial charge is 0.496 e. The summed E-state index contributed by atoms with van der Waals surface area (Å²) in [6.45, 7) is 38.8. The van der Waals surface area contributed by atoms with Crippen molar-refractivity contribution in [3.63, 3.8) is 0 Å². The normalized spacial score (nSPS) is 13.7. The van der Waals surface area contributed by atoms with E-state index in [0.29, 0.717) is 67.2 Å². The van der Waals surface area contributed by atoms with E-state index in [1.807, 2.05) is 224 Å². The molecule has 14 rings (SSSR count). The molecule has 0 aliphatic carbocycles. The first-order valence-electron chi connectivity index (χ1n) is 43.0. The number of aliphatic hydroxyl groups excluding tert-OH is 2. The van der Waals surface area contributed by atoms with Gasteiger partial charge < -0.3 is 24.6 Å². The lowest BCUT2D eigenvalue weighted by atomic mass is 10.1. The van der Waals surface area contributed by atoms with E-state index in [0.717, 1.165) is 79.3 Å². The summed E-state index contributed by atoms with van der Waals surface area (Å²) in [6, 6.07) is 74.7. The molecule has 16 nitrogen and oxygen atoms in total. The molecule has 0 saturated carbocycles. The topological polar surface area (TPSA) is 217 Å². The van der Waals surface area contributed by atoms with Crippen LogP contribution in [0.25, 0.3) is 0 Å². The van der Waals surface area contributed by atoms with Gasteiger partial charge in [-0.25, -0.2) is 47.5 Å². The number of ketones is 1. The molecule has 12 aromatic carbocycles. The van der Waals surface area contributed by atoms with Crippen molar-refractivity contribution < 1.29 is 71.5 Å². The van der Waals surface area contributed by atoms with Crippen molar-refractivity contribution >= 4 is 105 Å². The fourth-order valence-electron chi connectivity index (χ4n) is 11.8. The van der Waals surface area contributed by atoms with E-state index in [9.17, 15) is 51.8 Å². The molecule has 135 heavy (non-hydrogen) atoms. The molecule has 2 saturated heterocycles. The molecule has 2 aliphatic heterocycles. The van der Waals surface area contributed by atoms with Crippen LogP contribution < -0.4 is 9.46 Å². The van der Waals surface area contributed by atoms with Crippen LogP contribution in [0.2, 0.25) is 25.1 Å². The molecule has 0 radical (unpaired) electrons. The second-order valence-corrected chi connectivity index (χ2v) is 42.0. The molecular formula is C106H129Cl5F4N4O12S4. The van der Waals surface area contributed by atoms with Crippen molar-refractivity contribution in [2.45, 2.75) is 175 Å². The molecule has 29 heteroatoms. The van der Waals surface area contributed by atoms with E-state index >= 15 is 0 Å². The number of nitrogens with one attached hydrogen (secondary N) is 1. The van der Waals surface area contributed by atoms with Crippen LogP contribution >= 0.6 is 58.0 Å². The van der Waals surface area contributed by atoms with Gasteiger partial charge in [0.1, 0.15) is 17.4 Å². The highest BCUT2D eigenvalue weighted by atomic mass is 35.5. The van der Waals surface area contributed by atoms with Gasteiger partial charge in [0.2, 0.25) is 30.1 Å². The summed E-state index contributed by atoms with van der Waals surface area (Å²) >= 11 is 28.6. The Balaban J connectivity index is 0.000000383. The summed E-state index contributed by atoms with van der Waals surface area (Å²) in [5.74, 6) is -1.38. The number of aliphatic hydroxyl groups is 2. The van der Waals surface area contributed by atoms with Crippen LogP contribution in [0.4, 0.5) is 17.6 Å². The predicted octanol–water partition coefficient (Wildman–Crippen LogP) is 25.6. The molecule has 732 valence electrons. The fraction of sp³-hybridized carbons (Fsp3) is 0.311. The number of nitrogens with zero attached hydrogens (tertiary/aromatic N) is 3. The number of halogens is 9. The van der Waals surface area contributed by atoms with Crippen LogP contribution in [0.3, 0.4) is 0 Å². The van der Waals surface area contributed by atoms with Crippen molar-refractivity contribution in [3.05, 3.63) is 392 Å². The van der Waals surface area contributed by atoms with Gasteiger partial charge in [-0.05, 0) is 292 Å². The van der Waals surface area contributed by atoms with Crippen LogP contribution in [-0.2, 0) is 52.2 Å². The maximum absolute atomic E-state index is 12.8. The van der Waals surface area contributed by atoms with Crippen LogP contribution in [0.1, 0.15) is 128 Å². The van der Waals surface area contributed by atoms with E-state index in [1.54, 1.807) is 123 Å². The van der Waals surface area contributed by atoms with E-state index in [1.165, 1.54) is 70.2 Å². The highest BCUT2D eigenvalue weighted by Crippen LogP contribution is 2.27. The Morgan fingerprint density at radius 1 is 0.452 bits per heavy atom. The molecule has 3 N–H and O–H groups in total. The van der Waals surface area contributed by atoms with Gasteiger partial charge in [-0.2, -0.15) is 8.61 Å². The van der Waals surface area contributed by atoms with Crippen molar-refractivity contribution in [2.75, 3.05) is 66.3 Å². The summed E-state index contributed by atoms with van der Waals surface area (Å²) in [5.41, 5.74) is 14.7. The minimum atomic E-state index is -3.56. The molecule has 3 atom stereocenters. The van der Waals surface area contributed by atoms with Gasteiger partial charge in [0.05, 0.1) is 68.4 Å². The number of morpholine rings is 1. The van der Waals surface area contributed by atoms with Gasteiger partial charge >= 0.3 is 0 Å². The van der Waals surface area contributed by atoms with Gasteiger partial charge in [-0.1, -0.05) is 243 Å². The number of piperazine rings is 1. The molecule has 2 heterocycles. The summed E-state index contributed by atoms with van der Waals surface area (Å²) in [7, 11) is -7.38. The number of likely N-dealkylation sites (N-methyl/N-ethyl adjacent to an activating group) is 1. The second kappa shape index (κ2) is 60.0. The number of ether oxygens (including phenoxy) is 2. The number of carbonyl (C=O) groups is 1. The molecule has 0 aromatic heterocycles. The van der Waals surface area contributed by atoms with E-state index in [-0.39, 0.29) is 47.5 Å². The zero-order valence-electron chi connectivity index (χ0n) is 80.9. The van der Waals surface area contributed by atoms with Gasteiger partial charge in [0, 0.05) is 76.3 Å². The van der Waals surface area contributed by atoms with Gasteiger partial charge in [-0.15, -0.1) is 0 Å². The number of carbonyl (C=O) groups excluding carboxylic acids is 1. The molecule has 2 aliphatic rings. The first-order valence-corrected chi connectivity index (χ1v) is 50.8. The van der Waals surface area contributed by atoms with Crippen molar-refractivity contribution in [1.82, 2.24) is 18.2 Å². The molecule has 0 bridgehead atoms. The Bertz CT molecular complexity index is 5880. The maximum Gasteiger partial charge on any atom is 0.243 e. The van der Waals surface area contributed by atoms with Crippen LogP contribution in [0.15, 0.2) is 274 Å². The smallest absolute Gasteiger partial charge is 0.243 e. The molecule has 0 amide bonds. The summed E-state index contributed by atoms with van der Waals surface area (Å²) < 4.78 is 150. The number of methoxy groups -OCH3 is 1. The average Bonchev–Trinajstić information content (AvgIpc) is 0.800. The minimum absolute atomic E-state index is 0.0611. The number of Topliss-reactive ketones (excluding diaryl/α,β-unsaturated/α-hetero) is 1. The van der Waals surface area contributed by atoms with E-state index < -0.39 is 63.9 Å². The highest BCUT2D eigenvalue weighted by molar-refractivity contribution is 7.90. The quantitative estimate of drug-likeness (QED) is 0.0767. The number of aryl methyl sites for hydroxylation is 14. The van der Waals surface area contributed by atoms with Crippen LogP contribution in [0, 0.1) is 120 Å². The van der Waals surface area contributed by atoms with Crippen molar-refractivity contribution in [3.8, 4) is 5.75 Å². The van der Waals surface area contributed by atoms with Crippen LogP contribution in [-0.4, -0.2) is 143 Å². The van der Waals surface area contributed by atoms with Crippen LogP contribution in [0.5, 0.6) is 5.75 Å². The SMILES string of the molecule is CC(=O)c1cc(C)ccc1F.COc1ccc(C)cc1C.Cc1cc(Cl)cc(Cl)c1.Cc1ccc(C)c(Cl)c1.Cc1ccc(CO)cc1.Cc1ccc(S(=O)(=O)N2CC(C)OC(C)C2)cc1.Cc1ccc(S(=O)(=O)N2CCN(C)CC2)cc1.Cc1ccc(S(=O)(=O)NC(C)(C)CO)cc1.Cc1ccc(S(C)=O)cc1.Cc1cccc(Cl)c1Cl.Cc1cccc(F)c1F.Cc1ccccc1F. The van der Waals surface area contributed by atoms with Crippen molar-refractivity contribution in [2.24, 2.45) is 0 Å². The standard InChI is InChI=1S/C13H19NO3S.C12H18N2O2S.C11H17NO3S.C9H9FO.C9H12O.C8H9Cl.C8H10OS.C8H10O.2C7H6Cl2.C7H6F2.C7H7F/c1-10-4-6-13(7-5-10)18(15,16)14-8-11(2)17-12(3)9-14;1-11-3-5-12(6-4-11)17(15,16)14-9-7-13(2)8-10-14;1-9-4-6-10(7-5-9)16(14,15)12-11(2,3)8-13;1-6-3-4-9(10)8(5-6)7(2)11;1-7-4-5-9(10-3)8(2)6-7;1-6-3-4-7(2)8(9)5-6;1-7-3-5-8(6-4-7)10(2)9;1-7-2-4-8(6-9)5-3-7;1-5-2-6(8)4-7(9)3-5;2*1-5-3-2-4-6(8)7(5)9;1-6-4-2-3-5-7(6)8/h4-7,11-12H,8-9H2,1-3H3;3-6H,7-10H2,1-2H3;4-7,12-13H,8H2,1-3H3;3-5H,1-2H3;4-6H,1-3H3;3-5H,1-2H3;3-6H,1-2H3;2-5,9H,6H2,1H3;3*2-4H,1H3;2-5H,1H3. The number of rotatable bonds is 12. The Morgan fingerprint density at radius 2 is 0.867 bits per heavy atom. The Kier molecular flexibility index (Phi) is 53.4. The predicted molar refractivity (Wildman–Crippen MR) is 550 cm³/mol. The maximum atomic E-state index is 12.8. The first kappa shape index (κ1) is 120. The lowest BCUT2D eigenvalue weighted by Gasteiger charge is -2.34. The molecule has 2 fully saturated rings. The number of hydrogen-bond donors (Lipinski definition) is 3. The number of hydrogen-bond acceptors (Lipinski definition) is 13. The Labute approximate surface area is 827 Å². The summed E-state index contributed by atoms with van der Waals surface area (Å²) in [4.78, 5) is 14.8. The van der Waals surface area contributed by atoms with Gasteiger partial charge in [-0.3, -0.25) is 9.00 Å². The Morgan fingerprint density at radius 3 is 1.26 bits per heavy atom. The number of benzene rings is 12. The molecule has 0 spiro atoms. The Hall–Kier alpha value is -9.00. The lowest BCUT2D eigenvalue weighted by molar-refractivity contribution is -0.0440. The van der Waals surface area contributed by atoms with Crippen molar-refractivity contribution in [1.29, 1.82) is 0 Å². The summed E-state index contributed by atoms with van der Waals surface area (Å²) in [5, 5.41) is 21.2. The third-order valence-electron chi connectivity index (χ3n) is 19.7. The first-order chi connectivity index (χ1) is 63.1. The lowest BCUT2D eigenvalue weighted by Crippen LogP contribution is -2.48. The second-order valence-electron chi connectivity index (χ2n) is 33.0. The van der Waals surface area contributed by atoms with Gasteiger partial charge in [0.25, 0.3) is 0 Å². The van der Waals surface area contributed by atoms with E-state index in [4.69, 9.17) is 77.7 Å².